The fraction of sp³-hybridized carbons (Fsp3) is 0.348. The molecule has 0 fully saturated rings. The maximum atomic E-state index is 13.3. The summed E-state index contributed by atoms with van der Waals surface area (Å²) < 4.78 is 2.07. The highest BCUT2D eigenvalue weighted by atomic mass is 16.6. The number of benzene rings is 2. The molecule has 1 amide bonds. The van der Waals surface area contributed by atoms with Crippen LogP contribution in [0.3, 0.4) is 0 Å². The van der Waals surface area contributed by atoms with Gasteiger partial charge in [0.15, 0.2) is 0 Å². The predicted octanol–water partition coefficient (Wildman–Crippen LogP) is 4.59. The van der Waals surface area contributed by atoms with Gasteiger partial charge in [-0.15, -0.1) is 0 Å². The van der Waals surface area contributed by atoms with E-state index < -0.39 is 0 Å². The average Bonchev–Trinajstić information content (AvgIpc) is 3.06. The Kier molecular flexibility index (Phi) is 5.34. The van der Waals surface area contributed by atoms with E-state index in [0.29, 0.717) is 18.8 Å². The molecule has 1 aliphatic heterocycles. The highest BCUT2D eigenvalue weighted by Crippen LogP contribution is 2.33. The van der Waals surface area contributed by atoms with Crippen molar-refractivity contribution in [3.05, 3.63) is 75.5 Å². The van der Waals surface area contributed by atoms with E-state index in [0.717, 1.165) is 48.7 Å². The summed E-state index contributed by atoms with van der Waals surface area (Å²) in [7, 11) is 0. The van der Waals surface area contributed by atoms with E-state index >= 15 is 0 Å². The zero-order chi connectivity index (χ0) is 20.4. The minimum atomic E-state index is -0.370. The Bertz CT molecular complexity index is 1060. The van der Waals surface area contributed by atoms with Crippen molar-refractivity contribution in [2.45, 2.75) is 39.2 Å². The van der Waals surface area contributed by atoms with E-state index in [4.69, 9.17) is 0 Å². The van der Waals surface area contributed by atoms with Crippen molar-refractivity contribution in [1.82, 2.24) is 9.47 Å². The number of hydrogen-bond donors (Lipinski definition) is 0. The Morgan fingerprint density at radius 3 is 2.62 bits per heavy atom. The van der Waals surface area contributed by atoms with Crippen molar-refractivity contribution in [2.24, 2.45) is 0 Å². The maximum Gasteiger partial charge on any atom is 0.270 e. The van der Waals surface area contributed by atoms with Gasteiger partial charge in [0.25, 0.3) is 11.6 Å². The van der Waals surface area contributed by atoms with Gasteiger partial charge in [-0.2, -0.15) is 0 Å². The monoisotopic (exact) mass is 391 g/mol. The molecule has 4 rings (SSSR count). The number of unbranched alkanes of at least 4 members (excludes halogenated alkanes) is 1. The number of nitro benzene ring substituents is 1. The Balaban J connectivity index is 1.78. The van der Waals surface area contributed by atoms with E-state index in [-0.39, 0.29) is 16.5 Å². The normalized spacial score (nSPS) is 13.7. The molecule has 1 aromatic heterocycles. The van der Waals surface area contributed by atoms with E-state index in [2.05, 4.69) is 23.6 Å². The molecule has 0 bridgehead atoms. The van der Waals surface area contributed by atoms with Gasteiger partial charge in [0.1, 0.15) is 5.69 Å². The first-order valence-corrected chi connectivity index (χ1v) is 10.2. The molecule has 0 saturated carbocycles. The molecule has 0 N–H and O–H groups in total. The zero-order valence-electron chi connectivity index (χ0n) is 16.6. The quantitative estimate of drug-likeness (QED) is 0.437. The predicted molar refractivity (Wildman–Crippen MR) is 113 cm³/mol. The Morgan fingerprint density at radius 1 is 1.10 bits per heavy atom. The topological polar surface area (TPSA) is 68.4 Å². The Morgan fingerprint density at radius 2 is 1.90 bits per heavy atom. The molecule has 3 aromatic rings. The minimum Gasteiger partial charge on any atom is -0.337 e. The summed E-state index contributed by atoms with van der Waals surface area (Å²) in [6, 6.07) is 15.1. The van der Waals surface area contributed by atoms with Crippen LogP contribution in [0.25, 0.3) is 10.9 Å². The van der Waals surface area contributed by atoms with E-state index in [1.54, 1.807) is 12.1 Å². The number of carbonyl (C=O) groups excluding carboxylic acids is 1. The van der Waals surface area contributed by atoms with Gasteiger partial charge in [-0.3, -0.25) is 14.9 Å². The van der Waals surface area contributed by atoms with Gasteiger partial charge in [-0.1, -0.05) is 43.7 Å². The third-order valence-corrected chi connectivity index (χ3v) is 5.73. The third kappa shape index (κ3) is 3.62. The fourth-order valence-corrected chi connectivity index (χ4v) is 4.20. The lowest BCUT2D eigenvalue weighted by Crippen LogP contribution is -2.39. The van der Waals surface area contributed by atoms with Gasteiger partial charge in [0.05, 0.1) is 4.92 Å². The third-order valence-electron chi connectivity index (χ3n) is 5.73. The maximum absolute atomic E-state index is 13.3. The Hall–Kier alpha value is -3.15. The van der Waals surface area contributed by atoms with Crippen molar-refractivity contribution in [2.75, 3.05) is 13.1 Å². The van der Waals surface area contributed by atoms with Crippen molar-refractivity contribution in [1.29, 1.82) is 0 Å². The number of fused-ring (bicyclic) bond motifs is 3. The summed E-state index contributed by atoms with van der Waals surface area (Å²) in [5, 5.41) is 12.1. The lowest BCUT2D eigenvalue weighted by atomic mass is 10.0. The number of non-ortho nitro benzene ring substituents is 1. The first kappa shape index (κ1) is 19.2. The van der Waals surface area contributed by atoms with E-state index in [1.165, 1.54) is 11.6 Å². The van der Waals surface area contributed by atoms with E-state index in [9.17, 15) is 14.9 Å². The van der Waals surface area contributed by atoms with Gasteiger partial charge < -0.3 is 9.47 Å². The van der Waals surface area contributed by atoms with Gasteiger partial charge in [0.2, 0.25) is 0 Å². The molecular formula is C23H25N3O3. The first-order chi connectivity index (χ1) is 14.1. The lowest BCUT2D eigenvalue weighted by Gasteiger charge is -2.28. The molecule has 0 saturated heterocycles. The van der Waals surface area contributed by atoms with Crippen LogP contribution >= 0.6 is 0 Å². The van der Waals surface area contributed by atoms with Crippen molar-refractivity contribution < 1.29 is 9.72 Å². The van der Waals surface area contributed by atoms with Crippen molar-refractivity contribution in [3.8, 4) is 0 Å². The molecular weight excluding hydrogens is 366 g/mol. The smallest absolute Gasteiger partial charge is 0.270 e. The molecule has 6 heteroatoms. The molecule has 2 aromatic carbocycles. The van der Waals surface area contributed by atoms with Crippen LogP contribution in [0, 0.1) is 10.1 Å². The second-order valence-corrected chi connectivity index (χ2v) is 7.57. The fourth-order valence-electron chi connectivity index (χ4n) is 4.20. The molecule has 0 atom stereocenters. The molecule has 2 heterocycles. The van der Waals surface area contributed by atoms with Crippen LogP contribution in [0.5, 0.6) is 0 Å². The molecule has 1 aliphatic rings. The number of amides is 1. The number of carbonyl (C=O) groups is 1. The minimum absolute atomic E-state index is 0.0478. The zero-order valence-corrected chi connectivity index (χ0v) is 16.6. The van der Waals surface area contributed by atoms with Crippen LogP contribution in [0.2, 0.25) is 0 Å². The van der Waals surface area contributed by atoms with Crippen LogP contribution in [-0.2, 0) is 19.4 Å². The standard InChI is InChI=1S/C23H25N3O3/c1-2-3-13-24-14-12-19-20-16-18(26(28)29)9-10-21(20)25(22(19)23(24)27)15-11-17-7-5-4-6-8-17/h4-10,16H,2-3,11-15H2,1H3. The summed E-state index contributed by atoms with van der Waals surface area (Å²) in [5.41, 5.74) is 3.84. The molecule has 0 radical (unpaired) electrons. The van der Waals surface area contributed by atoms with Crippen LogP contribution in [0.1, 0.15) is 41.4 Å². The first-order valence-electron chi connectivity index (χ1n) is 10.2. The number of aromatic nitrogens is 1. The summed E-state index contributed by atoms with van der Waals surface area (Å²) in [4.78, 5) is 26.2. The number of rotatable bonds is 7. The Labute approximate surface area is 169 Å². The number of nitro groups is 1. The van der Waals surface area contributed by atoms with Crippen molar-refractivity contribution in [3.63, 3.8) is 0 Å². The summed E-state index contributed by atoms with van der Waals surface area (Å²) in [6.45, 7) is 4.22. The van der Waals surface area contributed by atoms with E-state index in [1.807, 2.05) is 23.1 Å². The summed E-state index contributed by atoms with van der Waals surface area (Å²) in [5.74, 6) is 0.0478. The van der Waals surface area contributed by atoms with Gasteiger partial charge in [-0.25, -0.2) is 0 Å². The number of hydrogen-bond acceptors (Lipinski definition) is 3. The molecule has 150 valence electrons. The second kappa shape index (κ2) is 8.07. The SMILES string of the molecule is CCCCN1CCc2c(n(CCc3ccccc3)c3ccc([N+](=O)[O-])cc23)C1=O. The van der Waals surface area contributed by atoms with Crippen LogP contribution in [0.4, 0.5) is 5.69 Å². The van der Waals surface area contributed by atoms with Crippen LogP contribution in [0.15, 0.2) is 48.5 Å². The lowest BCUT2D eigenvalue weighted by molar-refractivity contribution is -0.384. The van der Waals surface area contributed by atoms with Crippen molar-refractivity contribution >= 4 is 22.5 Å². The van der Waals surface area contributed by atoms with Crippen LogP contribution < -0.4 is 0 Å². The van der Waals surface area contributed by atoms with Gasteiger partial charge in [0, 0.05) is 42.7 Å². The number of nitrogens with zero attached hydrogens (tertiary/aromatic N) is 3. The average molecular weight is 391 g/mol. The molecule has 0 spiro atoms. The molecule has 0 aliphatic carbocycles. The van der Waals surface area contributed by atoms with Gasteiger partial charge >= 0.3 is 0 Å². The summed E-state index contributed by atoms with van der Waals surface area (Å²) >= 11 is 0. The summed E-state index contributed by atoms with van der Waals surface area (Å²) in [6.07, 6.45) is 3.56. The number of aryl methyl sites for hydroxylation is 2. The molecule has 29 heavy (non-hydrogen) atoms. The molecule has 6 nitrogen and oxygen atoms in total. The largest absolute Gasteiger partial charge is 0.337 e. The molecule has 0 unspecified atom stereocenters. The highest BCUT2D eigenvalue weighted by molar-refractivity contribution is 6.03. The van der Waals surface area contributed by atoms with Crippen LogP contribution in [-0.4, -0.2) is 33.4 Å². The van der Waals surface area contributed by atoms with Gasteiger partial charge in [-0.05, 0) is 36.5 Å². The highest BCUT2D eigenvalue weighted by Gasteiger charge is 2.31. The second-order valence-electron chi connectivity index (χ2n) is 7.57.